The lowest BCUT2D eigenvalue weighted by atomic mass is 10.2. The lowest BCUT2D eigenvalue weighted by molar-refractivity contribution is -0.123. The molecule has 0 heterocycles. The Morgan fingerprint density at radius 2 is 2.00 bits per heavy atom. The Morgan fingerprint density at radius 3 is 2.45 bits per heavy atom. The predicted molar refractivity (Wildman–Crippen MR) is 62.8 cm³/mol. The van der Waals surface area contributed by atoms with E-state index >= 15 is 0 Å². The maximum atomic E-state index is 12.0. The van der Waals surface area contributed by atoms with Crippen LogP contribution in [0, 0.1) is 0 Å². The van der Waals surface area contributed by atoms with Crippen LogP contribution in [0.1, 0.15) is 10.4 Å². The highest BCUT2D eigenvalue weighted by Crippen LogP contribution is 2.23. The number of ether oxygens (including phenoxy) is 1. The van der Waals surface area contributed by atoms with Gasteiger partial charge in [-0.25, -0.2) is 13.6 Å². The van der Waals surface area contributed by atoms with Gasteiger partial charge >= 0.3 is 6.18 Å². The van der Waals surface area contributed by atoms with E-state index in [-0.39, 0.29) is 11.3 Å². The van der Waals surface area contributed by atoms with Gasteiger partial charge in [0.05, 0.1) is 7.11 Å². The summed E-state index contributed by atoms with van der Waals surface area (Å²) in [6.07, 6.45) is -4.56. The number of sulfonamides is 1. The Balaban J connectivity index is 3.07. The van der Waals surface area contributed by atoms with Gasteiger partial charge in [-0.3, -0.25) is 4.79 Å². The van der Waals surface area contributed by atoms with Gasteiger partial charge in [-0.15, -0.1) is 0 Å². The third-order valence-corrected chi connectivity index (χ3v) is 3.11. The molecule has 1 aromatic rings. The number of alkyl halides is 3. The summed E-state index contributed by atoms with van der Waals surface area (Å²) in [4.78, 5) is 11.0. The molecule has 0 bridgehead atoms. The van der Waals surface area contributed by atoms with Gasteiger partial charge < -0.3 is 10.1 Å². The van der Waals surface area contributed by atoms with Crippen LogP contribution in [0.4, 0.5) is 13.2 Å². The number of amides is 1. The van der Waals surface area contributed by atoms with E-state index in [1.54, 1.807) is 5.32 Å². The number of nitrogens with two attached hydrogens (primary N) is 1. The number of carbonyl (C=O) groups excluding carboxylic acids is 1. The monoisotopic (exact) mass is 312 g/mol. The molecule has 1 rings (SSSR count). The average Bonchev–Trinajstić information content (AvgIpc) is 2.33. The fraction of sp³-hybridized carbons (Fsp3) is 0.300. The molecule has 0 aliphatic heterocycles. The minimum absolute atomic E-state index is 0.111. The van der Waals surface area contributed by atoms with Crippen LogP contribution < -0.4 is 15.2 Å². The van der Waals surface area contributed by atoms with Crippen LogP contribution >= 0.6 is 0 Å². The number of methoxy groups -OCH3 is 1. The Labute approximate surface area is 112 Å². The lowest BCUT2D eigenvalue weighted by Gasteiger charge is -2.11. The molecule has 1 aromatic carbocycles. The van der Waals surface area contributed by atoms with Crippen molar-refractivity contribution in [1.82, 2.24) is 5.32 Å². The molecule has 0 saturated carbocycles. The van der Waals surface area contributed by atoms with Crippen molar-refractivity contribution in [3.8, 4) is 5.75 Å². The molecule has 0 aliphatic carbocycles. The van der Waals surface area contributed by atoms with Crippen LogP contribution in [0.15, 0.2) is 23.1 Å². The summed E-state index contributed by atoms with van der Waals surface area (Å²) in [5.41, 5.74) is -0.279. The first-order valence-electron chi connectivity index (χ1n) is 5.10. The molecule has 0 unspecified atom stereocenters. The molecule has 0 aliphatic rings. The highest BCUT2D eigenvalue weighted by Gasteiger charge is 2.28. The van der Waals surface area contributed by atoms with Crippen molar-refractivity contribution in [3.63, 3.8) is 0 Å². The van der Waals surface area contributed by atoms with Crippen molar-refractivity contribution < 1.29 is 31.1 Å². The third-order valence-electron chi connectivity index (χ3n) is 2.18. The fourth-order valence-corrected chi connectivity index (χ4v) is 2.05. The number of rotatable bonds is 4. The predicted octanol–water partition coefficient (Wildman–Crippen LogP) is 0.635. The van der Waals surface area contributed by atoms with Crippen LogP contribution in [0.5, 0.6) is 5.75 Å². The summed E-state index contributed by atoms with van der Waals surface area (Å²) in [6.45, 7) is -1.53. The standard InChI is InChI=1S/C10H11F3N2O4S/c1-19-7-3-2-6(4-8(7)20(14,17)18)9(16)15-5-10(11,12)13/h2-4H,5H2,1H3,(H,15,16)(H2,14,17,18). The molecule has 3 N–H and O–H groups in total. The SMILES string of the molecule is COc1ccc(C(=O)NCC(F)(F)F)cc1S(N)(=O)=O. The summed E-state index contributed by atoms with van der Waals surface area (Å²) in [7, 11) is -2.98. The summed E-state index contributed by atoms with van der Waals surface area (Å²) >= 11 is 0. The van der Waals surface area contributed by atoms with Gasteiger partial charge in [0.1, 0.15) is 17.2 Å². The molecule has 0 fully saturated rings. The van der Waals surface area contributed by atoms with Crippen LogP contribution in [0.3, 0.4) is 0 Å². The van der Waals surface area contributed by atoms with E-state index in [9.17, 15) is 26.4 Å². The number of hydrogen-bond donors (Lipinski definition) is 2. The number of nitrogens with one attached hydrogen (secondary N) is 1. The average molecular weight is 312 g/mol. The number of primary sulfonamides is 1. The van der Waals surface area contributed by atoms with Crippen molar-refractivity contribution in [3.05, 3.63) is 23.8 Å². The summed E-state index contributed by atoms with van der Waals surface area (Å²) in [5, 5.41) is 6.54. The minimum atomic E-state index is -4.56. The van der Waals surface area contributed by atoms with Crippen molar-refractivity contribution in [2.24, 2.45) is 5.14 Å². The summed E-state index contributed by atoms with van der Waals surface area (Å²) < 4.78 is 63.2. The van der Waals surface area contributed by atoms with Gasteiger partial charge in [-0.1, -0.05) is 0 Å². The van der Waals surface area contributed by atoms with Crippen molar-refractivity contribution >= 4 is 15.9 Å². The number of hydrogen-bond acceptors (Lipinski definition) is 4. The van der Waals surface area contributed by atoms with Crippen LogP contribution in [0.2, 0.25) is 0 Å². The second-order valence-electron chi connectivity index (χ2n) is 3.71. The molecule has 0 radical (unpaired) electrons. The Bertz CT molecular complexity index is 613. The molecular formula is C10H11F3N2O4S. The largest absolute Gasteiger partial charge is 0.495 e. The molecule has 112 valence electrons. The third kappa shape index (κ3) is 4.38. The molecule has 0 atom stereocenters. The first-order chi connectivity index (χ1) is 9.04. The van der Waals surface area contributed by atoms with Gasteiger partial charge in [0.25, 0.3) is 5.91 Å². The van der Waals surface area contributed by atoms with Gasteiger partial charge in [0, 0.05) is 5.56 Å². The molecular weight excluding hydrogens is 301 g/mol. The van der Waals surface area contributed by atoms with E-state index in [0.717, 1.165) is 18.2 Å². The van der Waals surface area contributed by atoms with Gasteiger partial charge in [0.15, 0.2) is 0 Å². The molecule has 0 saturated heterocycles. The van der Waals surface area contributed by atoms with E-state index in [2.05, 4.69) is 0 Å². The quantitative estimate of drug-likeness (QED) is 0.852. The first kappa shape index (κ1) is 16.2. The van der Waals surface area contributed by atoms with Crippen LogP contribution in [-0.4, -0.2) is 34.2 Å². The molecule has 1 amide bonds. The number of benzene rings is 1. The zero-order valence-corrected chi connectivity index (χ0v) is 11.0. The zero-order chi connectivity index (χ0) is 15.6. The highest BCUT2D eigenvalue weighted by molar-refractivity contribution is 7.89. The van der Waals surface area contributed by atoms with E-state index in [1.165, 1.54) is 7.11 Å². The highest BCUT2D eigenvalue weighted by atomic mass is 32.2. The molecule has 10 heteroatoms. The maximum absolute atomic E-state index is 12.0. The van der Waals surface area contributed by atoms with E-state index in [1.807, 2.05) is 0 Å². The van der Waals surface area contributed by atoms with E-state index in [4.69, 9.17) is 9.88 Å². The fourth-order valence-electron chi connectivity index (χ4n) is 1.32. The van der Waals surface area contributed by atoms with E-state index < -0.39 is 33.5 Å². The summed E-state index contributed by atoms with van der Waals surface area (Å²) in [5.74, 6) is -1.19. The molecule has 6 nitrogen and oxygen atoms in total. The number of halogens is 3. The molecule has 20 heavy (non-hydrogen) atoms. The topological polar surface area (TPSA) is 98.5 Å². The smallest absolute Gasteiger partial charge is 0.405 e. The Morgan fingerprint density at radius 1 is 1.40 bits per heavy atom. The van der Waals surface area contributed by atoms with Crippen molar-refractivity contribution in [2.45, 2.75) is 11.1 Å². The second-order valence-corrected chi connectivity index (χ2v) is 5.24. The van der Waals surface area contributed by atoms with Gasteiger partial charge in [-0.2, -0.15) is 13.2 Å². The zero-order valence-electron chi connectivity index (χ0n) is 10.2. The number of carbonyl (C=O) groups is 1. The van der Waals surface area contributed by atoms with Gasteiger partial charge in [-0.05, 0) is 18.2 Å². The molecule has 0 spiro atoms. The van der Waals surface area contributed by atoms with Crippen molar-refractivity contribution in [1.29, 1.82) is 0 Å². The van der Waals surface area contributed by atoms with E-state index in [0.29, 0.717) is 0 Å². The lowest BCUT2D eigenvalue weighted by Crippen LogP contribution is -2.33. The summed E-state index contributed by atoms with van der Waals surface area (Å²) in [6, 6.07) is 3.10. The second kappa shape index (κ2) is 5.67. The van der Waals surface area contributed by atoms with Crippen molar-refractivity contribution in [2.75, 3.05) is 13.7 Å². The normalized spacial score (nSPS) is 12.1. The molecule has 0 aromatic heterocycles. The minimum Gasteiger partial charge on any atom is -0.495 e. The Hall–Kier alpha value is -1.81. The van der Waals surface area contributed by atoms with Crippen LogP contribution in [0.25, 0.3) is 0 Å². The Kier molecular flexibility index (Phi) is 4.61. The van der Waals surface area contributed by atoms with Crippen LogP contribution in [-0.2, 0) is 10.0 Å². The first-order valence-corrected chi connectivity index (χ1v) is 6.65. The van der Waals surface area contributed by atoms with Gasteiger partial charge in [0.2, 0.25) is 10.0 Å². The maximum Gasteiger partial charge on any atom is 0.405 e.